The van der Waals surface area contributed by atoms with Gasteiger partial charge in [0.15, 0.2) is 0 Å². The average Bonchev–Trinajstić information content (AvgIpc) is 2.13. The van der Waals surface area contributed by atoms with Crippen LogP contribution in [0.15, 0.2) is 37.2 Å². The van der Waals surface area contributed by atoms with Crippen LogP contribution in [0.5, 0.6) is 0 Å². The lowest BCUT2D eigenvalue weighted by molar-refractivity contribution is -0.125. The van der Waals surface area contributed by atoms with Crippen LogP contribution in [0.4, 0.5) is 0 Å². The number of rotatable bonds is 1. The molecule has 0 bridgehead atoms. The fraction of sp³-hybridized carbons (Fsp3) is 0.125. The summed E-state index contributed by atoms with van der Waals surface area (Å²) in [4.78, 5) is 12.5. The Morgan fingerprint density at radius 3 is 3.10 bits per heavy atom. The van der Waals surface area contributed by atoms with E-state index in [1.807, 2.05) is 18.2 Å². The van der Waals surface area contributed by atoms with Gasteiger partial charge >= 0.3 is 0 Å². The third kappa shape index (κ3) is 1.35. The first-order valence-corrected chi connectivity index (χ1v) is 3.11. The molecule has 1 rings (SSSR count). The molecule has 1 aliphatic heterocycles. The highest BCUT2D eigenvalue weighted by atomic mass is 16.2. The van der Waals surface area contributed by atoms with E-state index in [9.17, 15) is 4.79 Å². The predicted molar refractivity (Wildman–Crippen MR) is 39.9 cm³/mol. The molecule has 0 saturated carbocycles. The van der Waals surface area contributed by atoms with Gasteiger partial charge in [0.05, 0.1) is 0 Å². The van der Waals surface area contributed by atoms with Crippen LogP contribution in [0.1, 0.15) is 6.42 Å². The van der Waals surface area contributed by atoms with Gasteiger partial charge in [-0.05, 0) is 6.08 Å². The summed E-state index contributed by atoms with van der Waals surface area (Å²) in [7, 11) is 0. The van der Waals surface area contributed by atoms with Gasteiger partial charge in [-0.3, -0.25) is 9.69 Å². The molecule has 0 N–H and O–H groups in total. The summed E-state index contributed by atoms with van der Waals surface area (Å²) in [6.45, 7) is 3.50. The van der Waals surface area contributed by atoms with E-state index in [-0.39, 0.29) is 5.91 Å². The van der Waals surface area contributed by atoms with Crippen molar-refractivity contribution in [1.82, 2.24) is 4.90 Å². The lowest BCUT2D eigenvalue weighted by Crippen LogP contribution is -2.17. The first-order valence-electron chi connectivity index (χ1n) is 3.11. The predicted octanol–water partition coefficient (Wildman–Crippen LogP) is 1.43. The lowest BCUT2D eigenvalue weighted by Gasteiger charge is -2.08. The van der Waals surface area contributed by atoms with E-state index >= 15 is 0 Å². The number of hydrogen-bond acceptors (Lipinski definition) is 1. The molecule has 1 heterocycles. The third-order valence-corrected chi connectivity index (χ3v) is 1.27. The van der Waals surface area contributed by atoms with E-state index in [4.69, 9.17) is 0 Å². The second-order valence-corrected chi connectivity index (χ2v) is 1.96. The molecule has 0 unspecified atom stereocenters. The Labute approximate surface area is 60.1 Å². The highest BCUT2D eigenvalue weighted by Gasteiger charge is 2.05. The van der Waals surface area contributed by atoms with Crippen LogP contribution in [0.3, 0.4) is 0 Å². The summed E-state index contributed by atoms with van der Waals surface area (Å²) >= 11 is 0. The SMILES string of the molecule is C=CN1C=CC=CCC1=O. The van der Waals surface area contributed by atoms with Crippen molar-refractivity contribution in [1.29, 1.82) is 0 Å². The first kappa shape index (κ1) is 6.81. The van der Waals surface area contributed by atoms with Gasteiger partial charge in [0, 0.05) is 18.8 Å². The average molecular weight is 135 g/mol. The molecule has 52 valence electrons. The van der Waals surface area contributed by atoms with E-state index in [0.29, 0.717) is 6.42 Å². The smallest absolute Gasteiger partial charge is 0.234 e. The molecule has 0 aromatic heterocycles. The largest absolute Gasteiger partial charge is 0.295 e. The molecule has 0 aromatic carbocycles. The van der Waals surface area contributed by atoms with E-state index in [1.54, 1.807) is 6.20 Å². The number of amides is 1. The maximum Gasteiger partial charge on any atom is 0.234 e. The number of hydrogen-bond donors (Lipinski definition) is 0. The van der Waals surface area contributed by atoms with Gasteiger partial charge in [0.2, 0.25) is 5.91 Å². The zero-order chi connectivity index (χ0) is 7.40. The maximum absolute atomic E-state index is 11.0. The van der Waals surface area contributed by atoms with Crippen LogP contribution in [-0.4, -0.2) is 10.8 Å². The summed E-state index contributed by atoms with van der Waals surface area (Å²) in [6.07, 6.45) is 9.14. The molecule has 0 fully saturated rings. The molecular formula is C8H9NO. The molecule has 1 aliphatic rings. The number of carbonyl (C=O) groups is 1. The van der Waals surface area contributed by atoms with Gasteiger partial charge < -0.3 is 0 Å². The van der Waals surface area contributed by atoms with Crippen LogP contribution < -0.4 is 0 Å². The third-order valence-electron chi connectivity index (χ3n) is 1.27. The van der Waals surface area contributed by atoms with Gasteiger partial charge in [-0.1, -0.05) is 18.7 Å². The highest BCUT2D eigenvalue weighted by Crippen LogP contribution is 2.01. The summed E-state index contributed by atoms with van der Waals surface area (Å²) in [6, 6.07) is 0. The Kier molecular flexibility index (Phi) is 2.05. The summed E-state index contributed by atoms with van der Waals surface area (Å²) in [5.41, 5.74) is 0. The van der Waals surface area contributed by atoms with Crippen molar-refractivity contribution in [2.45, 2.75) is 6.42 Å². The van der Waals surface area contributed by atoms with Crippen molar-refractivity contribution in [3.63, 3.8) is 0 Å². The van der Waals surface area contributed by atoms with Crippen molar-refractivity contribution in [3.05, 3.63) is 37.2 Å². The van der Waals surface area contributed by atoms with Crippen molar-refractivity contribution < 1.29 is 4.79 Å². The van der Waals surface area contributed by atoms with Crippen LogP contribution in [-0.2, 0) is 4.79 Å². The first-order chi connectivity index (χ1) is 4.84. The lowest BCUT2D eigenvalue weighted by atomic mass is 10.4. The quantitative estimate of drug-likeness (QED) is 0.532. The molecule has 0 saturated heterocycles. The van der Waals surface area contributed by atoms with Gasteiger partial charge in [-0.15, -0.1) is 0 Å². The zero-order valence-corrected chi connectivity index (χ0v) is 5.66. The second-order valence-electron chi connectivity index (χ2n) is 1.96. The topological polar surface area (TPSA) is 20.3 Å². The summed E-state index contributed by atoms with van der Waals surface area (Å²) < 4.78 is 0. The van der Waals surface area contributed by atoms with Gasteiger partial charge in [-0.25, -0.2) is 0 Å². The Morgan fingerprint density at radius 1 is 1.60 bits per heavy atom. The number of carbonyl (C=O) groups excluding carboxylic acids is 1. The van der Waals surface area contributed by atoms with Crippen molar-refractivity contribution in [3.8, 4) is 0 Å². The molecule has 10 heavy (non-hydrogen) atoms. The summed E-state index contributed by atoms with van der Waals surface area (Å²) in [5, 5.41) is 0. The minimum atomic E-state index is 0.0556. The van der Waals surface area contributed by atoms with Crippen molar-refractivity contribution >= 4 is 5.91 Å². The Balaban J connectivity index is 2.75. The Morgan fingerprint density at radius 2 is 2.40 bits per heavy atom. The van der Waals surface area contributed by atoms with E-state index in [1.165, 1.54) is 11.1 Å². The van der Waals surface area contributed by atoms with Gasteiger partial charge in [0.1, 0.15) is 0 Å². The van der Waals surface area contributed by atoms with Crippen LogP contribution >= 0.6 is 0 Å². The van der Waals surface area contributed by atoms with Gasteiger partial charge in [0.25, 0.3) is 0 Å². The van der Waals surface area contributed by atoms with Crippen molar-refractivity contribution in [2.75, 3.05) is 0 Å². The minimum absolute atomic E-state index is 0.0556. The molecule has 0 spiro atoms. The fourth-order valence-corrected chi connectivity index (χ4v) is 0.741. The van der Waals surface area contributed by atoms with E-state index in [0.717, 1.165) is 0 Å². The fourth-order valence-electron chi connectivity index (χ4n) is 0.741. The van der Waals surface area contributed by atoms with Crippen LogP contribution in [0.2, 0.25) is 0 Å². The molecule has 2 heteroatoms. The molecule has 0 radical (unpaired) electrons. The zero-order valence-electron chi connectivity index (χ0n) is 5.66. The number of nitrogens with zero attached hydrogens (tertiary/aromatic N) is 1. The van der Waals surface area contributed by atoms with Gasteiger partial charge in [-0.2, -0.15) is 0 Å². The second kappa shape index (κ2) is 3.01. The molecule has 0 aromatic rings. The Bertz CT molecular complexity index is 203. The molecular weight excluding hydrogens is 126 g/mol. The molecule has 2 nitrogen and oxygen atoms in total. The normalized spacial score (nSPS) is 17.2. The standard InChI is InChI=1S/C8H9NO/c1-2-9-7-5-3-4-6-8(9)10/h2-5,7H,1,6H2. The summed E-state index contributed by atoms with van der Waals surface area (Å²) in [5.74, 6) is 0.0556. The highest BCUT2D eigenvalue weighted by molar-refractivity contribution is 5.80. The number of allylic oxidation sites excluding steroid dienone is 2. The van der Waals surface area contributed by atoms with Crippen LogP contribution in [0, 0.1) is 0 Å². The van der Waals surface area contributed by atoms with E-state index in [2.05, 4.69) is 6.58 Å². The monoisotopic (exact) mass is 135 g/mol. The van der Waals surface area contributed by atoms with Crippen LogP contribution in [0.25, 0.3) is 0 Å². The molecule has 1 amide bonds. The molecule has 0 atom stereocenters. The Hall–Kier alpha value is -1.31. The van der Waals surface area contributed by atoms with E-state index < -0.39 is 0 Å². The minimum Gasteiger partial charge on any atom is -0.295 e. The van der Waals surface area contributed by atoms with Crippen molar-refractivity contribution in [2.24, 2.45) is 0 Å². The maximum atomic E-state index is 11.0. The molecule has 0 aliphatic carbocycles.